The summed E-state index contributed by atoms with van der Waals surface area (Å²) in [5, 5.41) is 13.8. The molecule has 0 aliphatic heterocycles. The molecule has 0 amide bonds. The molecule has 3 aromatic carbocycles. The first-order valence-corrected chi connectivity index (χ1v) is 11.8. The van der Waals surface area contributed by atoms with E-state index in [1.54, 1.807) is 6.92 Å². The molecule has 0 saturated carbocycles. The minimum absolute atomic E-state index is 0.00472. The summed E-state index contributed by atoms with van der Waals surface area (Å²) in [4.78, 5) is 20.9. The summed E-state index contributed by atoms with van der Waals surface area (Å²) in [6.07, 6.45) is 5.65. The van der Waals surface area contributed by atoms with Gasteiger partial charge in [-0.05, 0) is 60.7 Å². The Morgan fingerprint density at radius 3 is 2.20 bits per heavy atom. The van der Waals surface area contributed by atoms with E-state index in [0.717, 1.165) is 17.7 Å². The Morgan fingerprint density at radius 2 is 1.66 bits per heavy atom. The molecule has 5 heteroatoms. The van der Waals surface area contributed by atoms with Gasteiger partial charge in [-0.25, -0.2) is 0 Å². The van der Waals surface area contributed by atoms with Crippen LogP contribution in [0.2, 0.25) is 0 Å². The van der Waals surface area contributed by atoms with Gasteiger partial charge in [-0.15, -0.1) is 0 Å². The van der Waals surface area contributed by atoms with Crippen molar-refractivity contribution in [2.24, 2.45) is 0 Å². The van der Waals surface area contributed by atoms with Crippen molar-refractivity contribution in [2.75, 3.05) is 0 Å². The standard InChI is InChI=1S/C21H25N.C9H9NO3/c1-5-10-19-15-20(14-13-16(19)3)17(4)22-21(6-2)18-11-8-7-9-12-18;1-2-9(11)7-3-5-8(6-4-7)10(12)13/h5,7-15,21-22H,4,6H2,1-3H3;3-6H,2H2,1H3/b10-5-;. The van der Waals surface area contributed by atoms with Crippen molar-refractivity contribution in [3.63, 3.8) is 0 Å². The highest BCUT2D eigenvalue weighted by Gasteiger charge is 2.11. The minimum atomic E-state index is -0.486. The van der Waals surface area contributed by atoms with Crippen LogP contribution in [0.15, 0.2) is 85.5 Å². The average Bonchev–Trinajstić information content (AvgIpc) is 2.89. The summed E-state index contributed by atoms with van der Waals surface area (Å²) in [6.45, 7) is 12.4. The van der Waals surface area contributed by atoms with Crippen LogP contribution in [0.1, 0.15) is 72.3 Å². The predicted molar refractivity (Wildman–Crippen MR) is 145 cm³/mol. The summed E-state index contributed by atoms with van der Waals surface area (Å²) < 4.78 is 0. The van der Waals surface area contributed by atoms with Crippen molar-refractivity contribution in [3.05, 3.63) is 123 Å². The lowest BCUT2D eigenvalue weighted by molar-refractivity contribution is -0.384. The third-order valence-corrected chi connectivity index (χ3v) is 5.65. The quantitative estimate of drug-likeness (QED) is 0.196. The van der Waals surface area contributed by atoms with Gasteiger partial charge in [-0.2, -0.15) is 0 Å². The number of ketones is 1. The molecule has 0 saturated heterocycles. The number of non-ortho nitro benzene ring substituents is 1. The number of Topliss-reactive ketones (excluding diaryl/α,β-unsaturated/α-hetero) is 1. The Bertz CT molecular complexity index is 1170. The van der Waals surface area contributed by atoms with E-state index in [0.29, 0.717) is 18.0 Å². The number of nitrogens with one attached hydrogen (secondary N) is 1. The fourth-order valence-electron chi connectivity index (χ4n) is 3.56. The molecule has 1 atom stereocenters. The maximum atomic E-state index is 11.1. The Balaban J connectivity index is 0.000000283. The molecule has 0 aromatic heterocycles. The van der Waals surface area contributed by atoms with Gasteiger partial charge >= 0.3 is 0 Å². The second kappa shape index (κ2) is 13.7. The lowest BCUT2D eigenvalue weighted by atomic mass is 10.0. The van der Waals surface area contributed by atoms with Gasteiger partial charge in [0.25, 0.3) is 5.69 Å². The molecule has 0 radical (unpaired) electrons. The molecule has 0 aliphatic carbocycles. The average molecular weight is 471 g/mol. The topological polar surface area (TPSA) is 72.2 Å². The van der Waals surface area contributed by atoms with E-state index in [9.17, 15) is 14.9 Å². The van der Waals surface area contributed by atoms with Gasteiger partial charge < -0.3 is 5.32 Å². The van der Waals surface area contributed by atoms with Crippen molar-refractivity contribution in [3.8, 4) is 0 Å². The van der Waals surface area contributed by atoms with Crippen LogP contribution in [-0.4, -0.2) is 10.7 Å². The number of hydrogen-bond donors (Lipinski definition) is 1. The summed E-state index contributed by atoms with van der Waals surface area (Å²) >= 11 is 0. The summed E-state index contributed by atoms with van der Waals surface area (Å²) in [7, 11) is 0. The van der Waals surface area contributed by atoms with Crippen molar-refractivity contribution < 1.29 is 9.72 Å². The molecule has 3 rings (SSSR count). The fourth-order valence-corrected chi connectivity index (χ4v) is 3.56. The Morgan fingerprint density at radius 1 is 1.03 bits per heavy atom. The molecule has 35 heavy (non-hydrogen) atoms. The summed E-state index contributed by atoms with van der Waals surface area (Å²) in [5.41, 5.74) is 6.47. The van der Waals surface area contributed by atoms with Crippen LogP contribution in [0.4, 0.5) is 5.69 Å². The van der Waals surface area contributed by atoms with Crippen LogP contribution in [0.3, 0.4) is 0 Å². The highest BCUT2D eigenvalue weighted by atomic mass is 16.6. The Kier molecular flexibility index (Phi) is 10.6. The number of rotatable bonds is 9. The molecular weight excluding hydrogens is 436 g/mol. The molecule has 0 spiro atoms. The number of benzene rings is 3. The van der Waals surface area contributed by atoms with Gasteiger partial charge in [0, 0.05) is 29.8 Å². The van der Waals surface area contributed by atoms with Gasteiger partial charge in [0.15, 0.2) is 5.78 Å². The fraction of sp³-hybridized carbons (Fsp3) is 0.233. The van der Waals surface area contributed by atoms with E-state index in [-0.39, 0.29) is 11.5 Å². The molecule has 182 valence electrons. The molecule has 5 nitrogen and oxygen atoms in total. The minimum Gasteiger partial charge on any atom is -0.378 e. The number of nitrogens with zero attached hydrogens (tertiary/aromatic N) is 1. The van der Waals surface area contributed by atoms with Crippen LogP contribution < -0.4 is 5.32 Å². The number of carbonyl (C=O) groups is 1. The van der Waals surface area contributed by atoms with E-state index in [2.05, 4.69) is 80.4 Å². The van der Waals surface area contributed by atoms with Crippen molar-refractivity contribution in [1.82, 2.24) is 5.32 Å². The lowest BCUT2D eigenvalue weighted by Crippen LogP contribution is -2.18. The zero-order valence-electron chi connectivity index (χ0n) is 21.0. The molecule has 1 N–H and O–H groups in total. The molecule has 3 aromatic rings. The van der Waals surface area contributed by atoms with Crippen molar-refractivity contribution in [2.45, 2.75) is 46.6 Å². The summed E-state index contributed by atoms with van der Waals surface area (Å²) in [6, 6.07) is 22.9. The van der Waals surface area contributed by atoms with Gasteiger partial charge in [-0.1, -0.05) is 75.0 Å². The van der Waals surface area contributed by atoms with Gasteiger partial charge in [-0.3, -0.25) is 14.9 Å². The number of nitro groups is 1. The first kappa shape index (κ1) is 27.3. The lowest BCUT2D eigenvalue weighted by Gasteiger charge is -2.21. The van der Waals surface area contributed by atoms with E-state index in [1.165, 1.54) is 41.0 Å². The molecule has 0 aliphatic rings. The maximum absolute atomic E-state index is 11.1. The Hall–Kier alpha value is -3.99. The monoisotopic (exact) mass is 470 g/mol. The molecule has 0 bridgehead atoms. The van der Waals surface area contributed by atoms with E-state index in [4.69, 9.17) is 0 Å². The van der Waals surface area contributed by atoms with Crippen molar-refractivity contribution in [1.29, 1.82) is 0 Å². The first-order chi connectivity index (χ1) is 16.8. The van der Waals surface area contributed by atoms with Gasteiger partial charge in [0.1, 0.15) is 0 Å². The zero-order chi connectivity index (χ0) is 25.8. The van der Waals surface area contributed by atoms with Crippen LogP contribution >= 0.6 is 0 Å². The molecule has 0 fully saturated rings. The third kappa shape index (κ3) is 8.07. The normalized spacial score (nSPS) is 11.3. The SMILES string of the molecule is C=C(NC(CC)c1ccccc1)c1ccc(C)c(/C=C\C)c1.CCC(=O)c1ccc([N+](=O)[O-])cc1. The van der Waals surface area contributed by atoms with Crippen molar-refractivity contribution >= 4 is 23.2 Å². The van der Waals surface area contributed by atoms with Crippen LogP contribution in [0, 0.1) is 17.0 Å². The van der Waals surface area contributed by atoms with Crippen LogP contribution in [0.25, 0.3) is 11.8 Å². The smallest absolute Gasteiger partial charge is 0.269 e. The summed E-state index contributed by atoms with van der Waals surface area (Å²) in [5.74, 6) is -0.00472. The zero-order valence-corrected chi connectivity index (χ0v) is 21.0. The van der Waals surface area contributed by atoms with Crippen LogP contribution in [-0.2, 0) is 0 Å². The number of allylic oxidation sites excluding steroid dienone is 1. The van der Waals surface area contributed by atoms with Gasteiger partial charge in [0.05, 0.1) is 11.0 Å². The number of aryl methyl sites for hydroxylation is 1. The highest BCUT2D eigenvalue weighted by Crippen LogP contribution is 2.23. The number of hydrogen-bond acceptors (Lipinski definition) is 4. The highest BCUT2D eigenvalue weighted by molar-refractivity contribution is 5.95. The number of nitro benzene ring substituents is 1. The van der Waals surface area contributed by atoms with Gasteiger partial charge in [0.2, 0.25) is 0 Å². The van der Waals surface area contributed by atoms with E-state index in [1.807, 2.05) is 13.0 Å². The number of carbonyl (C=O) groups excluding carboxylic acids is 1. The molecular formula is C30H34N2O3. The molecule has 1 unspecified atom stereocenters. The predicted octanol–water partition coefficient (Wildman–Crippen LogP) is 7.93. The van der Waals surface area contributed by atoms with Crippen LogP contribution in [0.5, 0.6) is 0 Å². The van der Waals surface area contributed by atoms with E-state index < -0.39 is 4.92 Å². The largest absolute Gasteiger partial charge is 0.378 e. The third-order valence-electron chi connectivity index (χ3n) is 5.65. The second-order valence-electron chi connectivity index (χ2n) is 8.15. The first-order valence-electron chi connectivity index (χ1n) is 11.8. The maximum Gasteiger partial charge on any atom is 0.269 e. The molecule has 0 heterocycles. The Labute approximate surface area is 208 Å². The second-order valence-corrected chi connectivity index (χ2v) is 8.15. The van der Waals surface area contributed by atoms with E-state index >= 15 is 0 Å².